The fraction of sp³-hybridized carbons (Fsp3) is 0.375. The molecule has 1 aliphatic rings. The van der Waals surface area contributed by atoms with Gasteiger partial charge in [0.2, 0.25) is 6.79 Å². The lowest BCUT2D eigenvalue weighted by Crippen LogP contribution is -2.47. The summed E-state index contributed by atoms with van der Waals surface area (Å²) in [6.45, 7) is 7.18. The van der Waals surface area contributed by atoms with E-state index in [9.17, 15) is 9.59 Å². The van der Waals surface area contributed by atoms with Crippen LogP contribution in [0.15, 0.2) is 29.8 Å². The van der Waals surface area contributed by atoms with Gasteiger partial charge in [-0.2, -0.15) is 0 Å². The summed E-state index contributed by atoms with van der Waals surface area (Å²) < 4.78 is 10.6. The van der Waals surface area contributed by atoms with Gasteiger partial charge in [0.1, 0.15) is 6.54 Å². The molecule has 0 bridgehead atoms. The lowest BCUT2D eigenvalue weighted by atomic mass is 10.2. The first-order chi connectivity index (χ1) is 11.3. The molecule has 8 heteroatoms. The molecule has 1 aromatic rings. The van der Waals surface area contributed by atoms with E-state index in [-0.39, 0.29) is 24.4 Å². The highest BCUT2D eigenvalue weighted by Gasteiger charge is 2.26. The van der Waals surface area contributed by atoms with Gasteiger partial charge in [-0.05, 0) is 31.5 Å². The maximum absolute atomic E-state index is 12.7. The second-order valence-corrected chi connectivity index (χ2v) is 6.10. The van der Waals surface area contributed by atoms with Crippen LogP contribution >= 0.6 is 12.6 Å². The summed E-state index contributed by atoms with van der Waals surface area (Å²) >= 11 is 4.18. The molecule has 0 radical (unpaired) electrons. The van der Waals surface area contributed by atoms with Crippen LogP contribution in [0.2, 0.25) is 0 Å². The summed E-state index contributed by atoms with van der Waals surface area (Å²) in [5.41, 5.74) is 0.793. The highest BCUT2D eigenvalue weighted by molar-refractivity contribution is 7.84. The van der Waals surface area contributed by atoms with Crippen LogP contribution in [0.1, 0.15) is 19.4 Å². The minimum absolute atomic E-state index is 0.167. The molecule has 0 atom stereocenters. The predicted molar refractivity (Wildman–Crippen MR) is 91.1 cm³/mol. The number of aliphatic carboxylic acids is 1. The van der Waals surface area contributed by atoms with Gasteiger partial charge >= 0.3 is 12.0 Å². The molecule has 2 rings (SSSR count). The number of carbonyl (C=O) groups is 2. The van der Waals surface area contributed by atoms with Crippen molar-refractivity contribution in [1.82, 2.24) is 9.80 Å². The molecule has 0 unspecified atom stereocenters. The zero-order valence-corrected chi connectivity index (χ0v) is 14.5. The van der Waals surface area contributed by atoms with Crippen LogP contribution in [0, 0.1) is 0 Å². The predicted octanol–water partition coefficient (Wildman–Crippen LogP) is 2.53. The Labute approximate surface area is 145 Å². The van der Waals surface area contributed by atoms with Gasteiger partial charge in [-0.3, -0.25) is 9.69 Å². The van der Waals surface area contributed by atoms with Crippen molar-refractivity contribution in [1.29, 1.82) is 0 Å². The van der Waals surface area contributed by atoms with E-state index < -0.39 is 18.5 Å². The van der Waals surface area contributed by atoms with Crippen LogP contribution in [0.25, 0.3) is 0 Å². The van der Waals surface area contributed by atoms with Crippen molar-refractivity contribution in [3.63, 3.8) is 0 Å². The molecular formula is C16H20N2O5S. The number of nitrogens with zero attached hydrogens (tertiary/aromatic N) is 2. The first-order valence-electron chi connectivity index (χ1n) is 7.36. The second kappa shape index (κ2) is 7.48. The van der Waals surface area contributed by atoms with Crippen LogP contribution in [0.5, 0.6) is 11.5 Å². The number of fused-ring (bicyclic) bond motifs is 1. The number of carbonyl (C=O) groups excluding carboxylic acids is 1. The number of hydrogen-bond acceptors (Lipinski definition) is 5. The molecule has 0 fully saturated rings. The second-order valence-electron chi connectivity index (χ2n) is 5.59. The Hall–Kier alpha value is -2.35. The molecule has 0 saturated heterocycles. The van der Waals surface area contributed by atoms with Gasteiger partial charge in [-0.1, -0.05) is 12.6 Å². The number of thiol groups is 1. The Morgan fingerprint density at radius 2 is 2.00 bits per heavy atom. The van der Waals surface area contributed by atoms with E-state index in [0.29, 0.717) is 11.5 Å². The molecular weight excluding hydrogens is 332 g/mol. The first kappa shape index (κ1) is 18.0. The lowest BCUT2D eigenvalue weighted by molar-refractivity contribution is -0.138. The van der Waals surface area contributed by atoms with Gasteiger partial charge in [0, 0.05) is 6.04 Å². The molecule has 130 valence electrons. The SMILES string of the molecule is C=C(S)N(Cc1ccc2c(c1)OCO2)C(=O)N(CC(=O)O)C(C)C. The third-order valence-electron chi connectivity index (χ3n) is 3.49. The first-order valence-corrected chi connectivity index (χ1v) is 7.80. The molecule has 1 N–H and O–H groups in total. The molecule has 2 amide bonds. The summed E-state index contributed by atoms with van der Waals surface area (Å²) in [6, 6.07) is 4.60. The van der Waals surface area contributed by atoms with Crippen molar-refractivity contribution >= 4 is 24.6 Å². The van der Waals surface area contributed by atoms with Gasteiger partial charge in [0.05, 0.1) is 11.6 Å². The van der Waals surface area contributed by atoms with E-state index in [4.69, 9.17) is 14.6 Å². The zero-order chi connectivity index (χ0) is 17.9. The van der Waals surface area contributed by atoms with Crippen LogP contribution in [-0.4, -0.2) is 46.3 Å². The van der Waals surface area contributed by atoms with E-state index in [1.54, 1.807) is 32.0 Å². The number of carboxylic acid groups (broad SMARTS) is 1. The number of urea groups is 1. The topological polar surface area (TPSA) is 79.3 Å². The molecule has 0 aromatic heterocycles. The minimum atomic E-state index is -1.08. The number of benzene rings is 1. The van der Waals surface area contributed by atoms with E-state index in [1.165, 1.54) is 9.80 Å². The molecule has 0 spiro atoms. The standard InChI is InChI=1S/C16H20N2O5S/c1-10(2)17(8-15(19)20)16(21)18(11(3)24)7-12-4-5-13-14(6-12)23-9-22-13/h4-6,10,24H,3,7-9H2,1-2H3,(H,19,20). The van der Waals surface area contributed by atoms with Crippen LogP contribution in [0.3, 0.4) is 0 Å². The molecule has 7 nitrogen and oxygen atoms in total. The number of amides is 2. The van der Waals surface area contributed by atoms with E-state index >= 15 is 0 Å². The van der Waals surface area contributed by atoms with Gasteiger partial charge < -0.3 is 19.5 Å². The average Bonchev–Trinajstić information content (AvgIpc) is 2.96. The average molecular weight is 352 g/mol. The van der Waals surface area contributed by atoms with Crippen LogP contribution in [0.4, 0.5) is 4.79 Å². The Morgan fingerprint density at radius 3 is 2.58 bits per heavy atom. The fourth-order valence-corrected chi connectivity index (χ4v) is 2.42. The normalized spacial score (nSPS) is 12.2. The van der Waals surface area contributed by atoms with E-state index in [2.05, 4.69) is 19.2 Å². The van der Waals surface area contributed by atoms with Crippen LogP contribution in [-0.2, 0) is 11.3 Å². The quantitative estimate of drug-likeness (QED) is 0.769. The fourth-order valence-electron chi connectivity index (χ4n) is 2.26. The van der Waals surface area contributed by atoms with Crippen molar-refractivity contribution in [2.45, 2.75) is 26.4 Å². The van der Waals surface area contributed by atoms with Crippen molar-refractivity contribution in [2.24, 2.45) is 0 Å². The van der Waals surface area contributed by atoms with Gasteiger partial charge in [-0.15, -0.1) is 12.6 Å². The number of carboxylic acids is 1. The molecule has 24 heavy (non-hydrogen) atoms. The Bertz CT molecular complexity index is 662. The highest BCUT2D eigenvalue weighted by atomic mass is 32.1. The number of hydrogen-bond donors (Lipinski definition) is 2. The van der Waals surface area contributed by atoms with Gasteiger partial charge in [0.25, 0.3) is 0 Å². The van der Waals surface area contributed by atoms with Crippen LogP contribution < -0.4 is 9.47 Å². The van der Waals surface area contributed by atoms with Crippen molar-refractivity contribution in [3.05, 3.63) is 35.4 Å². The Morgan fingerprint density at radius 1 is 1.33 bits per heavy atom. The molecule has 0 saturated carbocycles. The highest BCUT2D eigenvalue weighted by Crippen LogP contribution is 2.33. The van der Waals surface area contributed by atoms with Crippen molar-refractivity contribution in [2.75, 3.05) is 13.3 Å². The third kappa shape index (κ3) is 4.14. The maximum atomic E-state index is 12.7. The Balaban J connectivity index is 2.20. The molecule has 1 aromatic carbocycles. The summed E-state index contributed by atoms with van der Waals surface area (Å²) in [4.78, 5) is 26.3. The monoisotopic (exact) mass is 352 g/mol. The lowest BCUT2D eigenvalue weighted by Gasteiger charge is -2.32. The molecule has 0 aliphatic carbocycles. The minimum Gasteiger partial charge on any atom is -0.480 e. The summed E-state index contributed by atoms with van der Waals surface area (Å²) in [6.07, 6.45) is 0. The van der Waals surface area contributed by atoms with Crippen molar-refractivity contribution < 1.29 is 24.2 Å². The number of ether oxygens (including phenoxy) is 2. The summed E-state index contributed by atoms with van der Waals surface area (Å²) in [7, 11) is 0. The smallest absolute Gasteiger partial charge is 0.325 e. The largest absolute Gasteiger partial charge is 0.480 e. The Kier molecular flexibility index (Phi) is 5.61. The molecule has 1 heterocycles. The van der Waals surface area contributed by atoms with E-state index in [0.717, 1.165) is 5.56 Å². The maximum Gasteiger partial charge on any atom is 0.325 e. The third-order valence-corrected chi connectivity index (χ3v) is 3.74. The van der Waals surface area contributed by atoms with Gasteiger partial charge in [0.15, 0.2) is 11.5 Å². The van der Waals surface area contributed by atoms with E-state index in [1.807, 2.05) is 0 Å². The summed E-state index contributed by atoms with van der Waals surface area (Å²) in [5.74, 6) is 0.178. The zero-order valence-electron chi connectivity index (χ0n) is 13.6. The summed E-state index contributed by atoms with van der Waals surface area (Å²) in [5, 5.41) is 9.24. The van der Waals surface area contributed by atoms with Gasteiger partial charge in [-0.25, -0.2) is 4.79 Å². The number of rotatable bonds is 6. The molecule has 1 aliphatic heterocycles. The van der Waals surface area contributed by atoms with Crippen molar-refractivity contribution in [3.8, 4) is 11.5 Å².